The van der Waals surface area contributed by atoms with Gasteiger partial charge in [-0.25, -0.2) is 8.78 Å². The molecule has 1 fully saturated rings. The van der Waals surface area contributed by atoms with Crippen LogP contribution in [-0.2, 0) is 0 Å². The molecule has 13 heavy (non-hydrogen) atoms. The summed E-state index contributed by atoms with van der Waals surface area (Å²) in [6.07, 6.45) is 0.798. The lowest BCUT2D eigenvalue weighted by Gasteiger charge is -2.30. The Balaban J connectivity index is 2.45. The van der Waals surface area contributed by atoms with Gasteiger partial charge in [-0.05, 0) is 24.3 Å². The van der Waals surface area contributed by atoms with Crippen LogP contribution < -0.4 is 0 Å². The van der Waals surface area contributed by atoms with Crippen molar-refractivity contribution in [2.24, 2.45) is 11.0 Å². The first-order chi connectivity index (χ1) is 6.05. The molecule has 5 heteroatoms. The van der Waals surface area contributed by atoms with E-state index >= 15 is 0 Å². The smallest absolute Gasteiger partial charge is 0.207 e. The van der Waals surface area contributed by atoms with Crippen molar-refractivity contribution in [3.8, 4) is 0 Å². The van der Waals surface area contributed by atoms with Gasteiger partial charge in [0.05, 0.1) is 0 Å². The second kappa shape index (κ2) is 3.92. The first kappa shape index (κ1) is 10.3. The maximum atomic E-state index is 12.7. The second-order valence-electron chi connectivity index (χ2n) is 3.64. The third-order valence-electron chi connectivity index (χ3n) is 2.68. The lowest BCUT2D eigenvalue weighted by Crippen LogP contribution is -2.28. The third-order valence-corrected chi connectivity index (χ3v) is 2.68. The Bertz CT molecular complexity index is 213. The van der Waals surface area contributed by atoms with E-state index in [9.17, 15) is 8.78 Å². The zero-order valence-corrected chi connectivity index (χ0v) is 7.58. The number of azide groups is 1. The molecule has 0 aromatic heterocycles. The van der Waals surface area contributed by atoms with Crippen LogP contribution >= 0.6 is 0 Å². The standard InChI is InChI=1S/C8H13F2N3/c1-6(12-13-11)7-2-4-8(9,10)5-3-7/h6-7H,2-5H2,1H3. The molecule has 1 rings (SSSR count). The maximum Gasteiger partial charge on any atom is 0.248 e. The summed E-state index contributed by atoms with van der Waals surface area (Å²) in [5, 5.41) is 3.53. The third kappa shape index (κ3) is 2.84. The van der Waals surface area contributed by atoms with Gasteiger partial charge in [0, 0.05) is 23.8 Å². The first-order valence-corrected chi connectivity index (χ1v) is 4.47. The zero-order valence-electron chi connectivity index (χ0n) is 7.58. The summed E-state index contributed by atoms with van der Waals surface area (Å²) in [7, 11) is 0. The normalized spacial score (nSPS) is 24.8. The molecule has 0 radical (unpaired) electrons. The minimum absolute atomic E-state index is 0.0665. The van der Waals surface area contributed by atoms with E-state index in [1.165, 1.54) is 0 Å². The van der Waals surface area contributed by atoms with Crippen LogP contribution in [-0.4, -0.2) is 12.0 Å². The summed E-state index contributed by atoms with van der Waals surface area (Å²) in [5.41, 5.74) is 8.18. The van der Waals surface area contributed by atoms with Gasteiger partial charge < -0.3 is 0 Å². The summed E-state index contributed by atoms with van der Waals surface area (Å²) in [6.45, 7) is 1.79. The lowest BCUT2D eigenvalue weighted by atomic mass is 9.83. The highest BCUT2D eigenvalue weighted by atomic mass is 19.3. The highest BCUT2D eigenvalue weighted by Gasteiger charge is 2.36. The van der Waals surface area contributed by atoms with Crippen molar-refractivity contribution in [3.05, 3.63) is 10.4 Å². The molecule has 3 nitrogen and oxygen atoms in total. The molecule has 0 spiro atoms. The molecule has 0 heterocycles. The van der Waals surface area contributed by atoms with Crippen LogP contribution in [0.1, 0.15) is 32.6 Å². The summed E-state index contributed by atoms with van der Waals surface area (Å²) in [6, 6.07) is -0.152. The van der Waals surface area contributed by atoms with Gasteiger partial charge in [-0.2, -0.15) is 0 Å². The van der Waals surface area contributed by atoms with Crippen LogP contribution in [0, 0.1) is 5.92 Å². The van der Waals surface area contributed by atoms with E-state index in [1.54, 1.807) is 6.92 Å². The van der Waals surface area contributed by atoms with Gasteiger partial charge in [-0.1, -0.05) is 12.0 Å². The molecule has 1 saturated carbocycles. The summed E-state index contributed by atoms with van der Waals surface area (Å²) in [4.78, 5) is 2.68. The van der Waals surface area contributed by atoms with Gasteiger partial charge in [-0.3, -0.25) is 0 Å². The van der Waals surface area contributed by atoms with E-state index < -0.39 is 5.92 Å². The van der Waals surface area contributed by atoms with Gasteiger partial charge in [-0.15, -0.1) is 0 Å². The quantitative estimate of drug-likeness (QED) is 0.362. The molecule has 0 saturated heterocycles. The SMILES string of the molecule is CC(N=[N+]=[N-])C1CCC(F)(F)CC1. The van der Waals surface area contributed by atoms with E-state index in [1.807, 2.05) is 0 Å². The maximum absolute atomic E-state index is 12.7. The molecule has 74 valence electrons. The van der Waals surface area contributed by atoms with E-state index in [4.69, 9.17) is 5.53 Å². The summed E-state index contributed by atoms with van der Waals surface area (Å²) < 4.78 is 25.4. The average molecular weight is 189 g/mol. The molecule has 0 N–H and O–H groups in total. The van der Waals surface area contributed by atoms with Crippen LogP contribution in [0.3, 0.4) is 0 Å². The minimum atomic E-state index is -2.49. The van der Waals surface area contributed by atoms with E-state index in [2.05, 4.69) is 10.0 Å². The van der Waals surface area contributed by atoms with Crippen LogP contribution in [0.5, 0.6) is 0 Å². The fourth-order valence-electron chi connectivity index (χ4n) is 1.72. The number of halogens is 2. The molecule has 0 bridgehead atoms. The molecule has 0 aromatic rings. The fourth-order valence-corrected chi connectivity index (χ4v) is 1.72. The van der Waals surface area contributed by atoms with Crippen molar-refractivity contribution in [1.29, 1.82) is 0 Å². The van der Waals surface area contributed by atoms with Crippen molar-refractivity contribution in [1.82, 2.24) is 0 Å². The Morgan fingerprint density at radius 1 is 1.46 bits per heavy atom. The van der Waals surface area contributed by atoms with Crippen molar-refractivity contribution in [2.45, 2.75) is 44.6 Å². The summed E-state index contributed by atoms with van der Waals surface area (Å²) in [5.74, 6) is -2.36. The number of alkyl halides is 2. The van der Waals surface area contributed by atoms with Gasteiger partial charge in [0.1, 0.15) is 0 Å². The molecule has 1 aliphatic rings. The Morgan fingerprint density at radius 3 is 2.46 bits per heavy atom. The van der Waals surface area contributed by atoms with Crippen LogP contribution in [0.4, 0.5) is 8.78 Å². The van der Waals surface area contributed by atoms with Crippen molar-refractivity contribution in [3.63, 3.8) is 0 Å². The number of hydrogen-bond acceptors (Lipinski definition) is 1. The van der Waals surface area contributed by atoms with Crippen LogP contribution in [0.25, 0.3) is 10.4 Å². The molecule has 0 aliphatic heterocycles. The molecule has 1 atom stereocenters. The van der Waals surface area contributed by atoms with Gasteiger partial charge in [0.15, 0.2) is 0 Å². The van der Waals surface area contributed by atoms with E-state index in [0.717, 1.165) is 0 Å². The van der Waals surface area contributed by atoms with Gasteiger partial charge in [0.25, 0.3) is 0 Å². The van der Waals surface area contributed by atoms with Gasteiger partial charge >= 0.3 is 0 Å². The minimum Gasteiger partial charge on any atom is -0.207 e. The average Bonchev–Trinajstić information content (AvgIpc) is 2.04. The number of hydrogen-bond donors (Lipinski definition) is 0. The van der Waals surface area contributed by atoms with E-state index in [0.29, 0.717) is 12.8 Å². The number of nitrogens with zero attached hydrogens (tertiary/aromatic N) is 3. The Labute approximate surface area is 75.8 Å². The Kier molecular flexibility index (Phi) is 3.09. The van der Waals surface area contributed by atoms with Crippen LogP contribution in [0.2, 0.25) is 0 Å². The molecule has 1 unspecified atom stereocenters. The molecule has 1 aliphatic carbocycles. The van der Waals surface area contributed by atoms with Crippen molar-refractivity contribution in [2.75, 3.05) is 0 Å². The predicted molar refractivity (Wildman–Crippen MR) is 45.5 cm³/mol. The predicted octanol–water partition coefficient (Wildman–Crippen LogP) is 3.51. The topological polar surface area (TPSA) is 48.8 Å². The molecular weight excluding hydrogens is 176 g/mol. The molecule has 0 aromatic carbocycles. The highest BCUT2D eigenvalue weighted by Crippen LogP contribution is 2.37. The Hall–Kier alpha value is -0.830. The summed E-state index contributed by atoms with van der Waals surface area (Å²) >= 11 is 0. The molecular formula is C8H13F2N3. The highest BCUT2D eigenvalue weighted by molar-refractivity contribution is 4.82. The lowest BCUT2D eigenvalue weighted by molar-refractivity contribution is -0.0475. The Morgan fingerprint density at radius 2 is 2.00 bits per heavy atom. The number of rotatable bonds is 2. The fraction of sp³-hybridized carbons (Fsp3) is 1.00. The van der Waals surface area contributed by atoms with Crippen LogP contribution in [0.15, 0.2) is 5.11 Å². The largest absolute Gasteiger partial charge is 0.248 e. The monoisotopic (exact) mass is 189 g/mol. The molecule has 0 amide bonds. The first-order valence-electron chi connectivity index (χ1n) is 4.47. The van der Waals surface area contributed by atoms with Crippen molar-refractivity contribution >= 4 is 0 Å². The van der Waals surface area contributed by atoms with Crippen molar-refractivity contribution < 1.29 is 8.78 Å². The zero-order chi connectivity index (χ0) is 9.90. The van der Waals surface area contributed by atoms with E-state index in [-0.39, 0.29) is 24.8 Å². The van der Waals surface area contributed by atoms with Gasteiger partial charge in [0.2, 0.25) is 5.92 Å². The second-order valence-corrected chi connectivity index (χ2v) is 3.64.